The summed E-state index contributed by atoms with van der Waals surface area (Å²) in [6, 6.07) is 1.21. The highest BCUT2D eigenvalue weighted by Gasteiger charge is 2.15. The van der Waals surface area contributed by atoms with Gasteiger partial charge in [-0.05, 0) is 6.07 Å². The number of aromatic nitrogens is 1. The summed E-state index contributed by atoms with van der Waals surface area (Å²) in [4.78, 5) is 26.2. The van der Waals surface area contributed by atoms with E-state index in [1.165, 1.54) is 18.5 Å². The van der Waals surface area contributed by atoms with Crippen LogP contribution in [-0.2, 0) is 4.74 Å². The van der Waals surface area contributed by atoms with Gasteiger partial charge in [0.25, 0.3) is 0 Å². The highest BCUT2D eigenvalue weighted by molar-refractivity contribution is 5.94. The van der Waals surface area contributed by atoms with E-state index in [0.29, 0.717) is 0 Å². The number of ether oxygens (including phenoxy) is 1. The molecule has 0 radical (unpaired) electrons. The molecule has 0 aliphatic heterocycles. The smallest absolute Gasteiger partial charge is 0.351 e. The Morgan fingerprint density at radius 3 is 2.94 bits per heavy atom. The molecule has 0 saturated heterocycles. The molecule has 2 aromatic rings. The fraction of sp³-hybridized carbons (Fsp3) is 0.100. The van der Waals surface area contributed by atoms with E-state index in [1.54, 1.807) is 0 Å². The van der Waals surface area contributed by atoms with Gasteiger partial charge in [0.1, 0.15) is 11.3 Å². The first kappa shape index (κ1) is 10.2. The lowest BCUT2D eigenvalue weighted by Gasteiger charge is -2.01. The quantitative estimate of drug-likeness (QED) is 0.712. The average Bonchev–Trinajstić information content (AvgIpc) is 2.28. The molecule has 2 heterocycles. The Kier molecular flexibility index (Phi) is 2.32. The number of nitrogens with zero attached hydrogens (tertiary/aromatic N) is 1. The summed E-state index contributed by atoms with van der Waals surface area (Å²) in [5, 5.41) is 9.70. The zero-order chi connectivity index (χ0) is 11.7. The predicted octanol–water partition coefficient (Wildman–Crippen LogP) is 0.680. The SMILES string of the molecule is COC(=O)c1cc2c(O)cncc2oc1=O. The number of aromatic hydroxyl groups is 1. The summed E-state index contributed by atoms with van der Waals surface area (Å²) in [5.41, 5.74) is -0.985. The molecule has 0 aliphatic rings. The van der Waals surface area contributed by atoms with Crippen LogP contribution in [0.1, 0.15) is 10.4 Å². The second-order valence-corrected chi connectivity index (χ2v) is 3.01. The Labute approximate surface area is 89.1 Å². The molecule has 16 heavy (non-hydrogen) atoms. The second kappa shape index (κ2) is 3.65. The molecule has 2 aromatic heterocycles. The molecule has 0 aromatic carbocycles. The van der Waals surface area contributed by atoms with Crippen molar-refractivity contribution in [3.8, 4) is 5.75 Å². The molecule has 0 atom stereocenters. The second-order valence-electron chi connectivity index (χ2n) is 3.01. The Morgan fingerprint density at radius 1 is 1.50 bits per heavy atom. The lowest BCUT2D eigenvalue weighted by atomic mass is 10.2. The molecule has 2 rings (SSSR count). The largest absolute Gasteiger partial charge is 0.506 e. The summed E-state index contributed by atoms with van der Waals surface area (Å²) < 4.78 is 9.23. The van der Waals surface area contributed by atoms with Crippen molar-refractivity contribution in [3.63, 3.8) is 0 Å². The minimum absolute atomic E-state index is 0.109. The van der Waals surface area contributed by atoms with Gasteiger partial charge in [-0.3, -0.25) is 4.98 Å². The molecule has 6 nitrogen and oxygen atoms in total. The van der Waals surface area contributed by atoms with Gasteiger partial charge < -0.3 is 14.3 Å². The highest BCUT2D eigenvalue weighted by atomic mass is 16.5. The van der Waals surface area contributed by atoms with E-state index in [9.17, 15) is 14.7 Å². The van der Waals surface area contributed by atoms with Crippen LogP contribution in [0.15, 0.2) is 27.7 Å². The number of fused-ring (bicyclic) bond motifs is 1. The number of carbonyl (C=O) groups is 1. The van der Waals surface area contributed by atoms with Gasteiger partial charge in [-0.2, -0.15) is 0 Å². The molecular formula is C10H7NO5. The molecule has 0 amide bonds. The maximum absolute atomic E-state index is 11.4. The number of esters is 1. The third-order valence-corrected chi connectivity index (χ3v) is 2.05. The van der Waals surface area contributed by atoms with E-state index in [4.69, 9.17) is 4.42 Å². The molecule has 0 aliphatic carbocycles. The molecule has 82 valence electrons. The number of rotatable bonds is 1. The van der Waals surface area contributed by atoms with Crippen molar-refractivity contribution in [3.05, 3.63) is 34.4 Å². The van der Waals surface area contributed by atoms with Crippen molar-refractivity contribution < 1.29 is 19.1 Å². The number of methoxy groups -OCH3 is 1. The zero-order valence-corrected chi connectivity index (χ0v) is 8.26. The van der Waals surface area contributed by atoms with Gasteiger partial charge in [0, 0.05) is 0 Å². The monoisotopic (exact) mass is 221 g/mol. The minimum atomic E-state index is -0.827. The lowest BCUT2D eigenvalue weighted by molar-refractivity contribution is 0.0596. The highest BCUT2D eigenvalue weighted by Crippen LogP contribution is 2.22. The Morgan fingerprint density at radius 2 is 2.25 bits per heavy atom. The third-order valence-electron chi connectivity index (χ3n) is 2.05. The summed E-state index contributed by atoms with van der Waals surface area (Å²) in [7, 11) is 1.15. The van der Waals surface area contributed by atoms with Gasteiger partial charge in [-0.25, -0.2) is 9.59 Å². The van der Waals surface area contributed by atoms with E-state index in [1.807, 2.05) is 0 Å². The summed E-state index contributed by atoms with van der Waals surface area (Å²) in [6.45, 7) is 0. The summed E-state index contributed by atoms with van der Waals surface area (Å²) >= 11 is 0. The average molecular weight is 221 g/mol. The van der Waals surface area contributed by atoms with Crippen LogP contribution in [0.3, 0.4) is 0 Å². The first-order valence-corrected chi connectivity index (χ1v) is 4.32. The lowest BCUT2D eigenvalue weighted by Crippen LogP contribution is -2.14. The van der Waals surface area contributed by atoms with Crippen LogP contribution in [0.2, 0.25) is 0 Å². The molecular weight excluding hydrogens is 214 g/mol. The van der Waals surface area contributed by atoms with Crippen molar-refractivity contribution in [1.82, 2.24) is 4.98 Å². The third kappa shape index (κ3) is 1.50. The van der Waals surface area contributed by atoms with Crippen molar-refractivity contribution in [2.75, 3.05) is 7.11 Å². The van der Waals surface area contributed by atoms with E-state index >= 15 is 0 Å². The fourth-order valence-electron chi connectivity index (χ4n) is 1.28. The van der Waals surface area contributed by atoms with Gasteiger partial charge in [0.2, 0.25) is 0 Å². The van der Waals surface area contributed by atoms with E-state index < -0.39 is 11.6 Å². The Hall–Kier alpha value is -2.37. The molecule has 0 unspecified atom stereocenters. The van der Waals surface area contributed by atoms with Gasteiger partial charge in [-0.1, -0.05) is 0 Å². The maximum Gasteiger partial charge on any atom is 0.351 e. The van der Waals surface area contributed by atoms with E-state index in [0.717, 1.165) is 7.11 Å². The molecule has 0 spiro atoms. The van der Waals surface area contributed by atoms with Crippen LogP contribution in [-0.4, -0.2) is 23.2 Å². The van der Waals surface area contributed by atoms with Gasteiger partial charge in [-0.15, -0.1) is 0 Å². The molecule has 0 bridgehead atoms. The topological polar surface area (TPSA) is 89.6 Å². The number of carbonyl (C=O) groups excluding carboxylic acids is 1. The van der Waals surface area contributed by atoms with Gasteiger partial charge in [0.05, 0.1) is 24.9 Å². The maximum atomic E-state index is 11.4. The summed E-state index contributed by atoms with van der Waals surface area (Å²) in [6.07, 6.45) is 2.46. The Balaban J connectivity index is 2.79. The van der Waals surface area contributed by atoms with Gasteiger partial charge in [0.15, 0.2) is 5.58 Å². The van der Waals surface area contributed by atoms with Crippen molar-refractivity contribution in [2.45, 2.75) is 0 Å². The first-order chi connectivity index (χ1) is 7.63. The standard InChI is InChI=1S/C10H7NO5/c1-15-9(13)6-2-5-7(12)3-11-4-8(5)16-10(6)14/h2-4,12H,1H3. The van der Waals surface area contributed by atoms with E-state index in [2.05, 4.69) is 9.72 Å². The Bertz CT molecular complexity index is 616. The van der Waals surface area contributed by atoms with Crippen LogP contribution >= 0.6 is 0 Å². The van der Waals surface area contributed by atoms with E-state index in [-0.39, 0.29) is 22.3 Å². The zero-order valence-electron chi connectivity index (χ0n) is 8.26. The minimum Gasteiger partial charge on any atom is -0.506 e. The summed E-state index contributed by atoms with van der Waals surface area (Å²) in [5.74, 6) is -0.988. The van der Waals surface area contributed by atoms with Crippen molar-refractivity contribution >= 4 is 16.9 Å². The van der Waals surface area contributed by atoms with Crippen molar-refractivity contribution in [2.24, 2.45) is 0 Å². The number of hydrogen-bond donors (Lipinski definition) is 1. The molecule has 0 saturated carbocycles. The van der Waals surface area contributed by atoms with Crippen LogP contribution in [0.4, 0.5) is 0 Å². The fourth-order valence-corrected chi connectivity index (χ4v) is 1.28. The predicted molar refractivity (Wildman–Crippen MR) is 53.3 cm³/mol. The van der Waals surface area contributed by atoms with Crippen molar-refractivity contribution in [1.29, 1.82) is 0 Å². The van der Waals surface area contributed by atoms with Crippen LogP contribution in [0.5, 0.6) is 5.75 Å². The van der Waals surface area contributed by atoms with Crippen LogP contribution in [0, 0.1) is 0 Å². The molecule has 0 fully saturated rings. The number of pyridine rings is 1. The van der Waals surface area contributed by atoms with Crippen LogP contribution in [0.25, 0.3) is 11.0 Å². The van der Waals surface area contributed by atoms with Crippen LogP contribution < -0.4 is 5.63 Å². The first-order valence-electron chi connectivity index (χ1n) is 4.32. The molecule has 1 N–H and O–H groups in total. The molecule has 6 heteroatoms. The van der Waals surface area contributed by atoms with Gasteiger partial charge >= 0.3 is 11.6 Å². The normalized spacial score (nSPS) is 10.3. The number of hydrogen-bond acceptors (Lipinski definition) is 6.